The lowest BCUT2D eigenvalue weighted by Gasteiger charge is -2.11. The van der Waals surface area contributed by atoms with Crippen molar-refractivity contribution in [2.24, 2.45) is 11.8 Å². The number of anilines is 1. The van der Waals surface area contributed by atoms with Crippen LogP contribution in [0.1, 0.15) is 48.4 Å². The minimum Gasteiger partial charge on any atom is -0.308 e. The van der Waals surface area contributed by atoms with Crippen molar-refractivity contribution in [1.82, 2.24) is 9.97 Å². The number of hydrazine groups is 1. The number of hydrogen-bond acceptors (Lipinski definition) is 5. The molecule has 0 amide bonds. The summed E-state index contributed by atoms with van der Waals surface area (Å²) < 4.78 is 0. The average Bonchev–Trinajstić information content (AvgIpc) is 2.94. The van der Waals surface area contributed by atoms with Crippen LogP contribution in [-0.4, -0.2) is 9.97 Å². The third-order valence-electron chi connectivity index (χ3n) is 4.24. The molecular formula is C14H20N4S. The zero-order valence-electron chi connectivity index (χ0n) is 11.7. The van der Waals surface area contributed by atoms with Crippen molar-refractivity contribution >= 4 is 27.4 Å². The molecule has 4 nitrogen and oxygen atoms in total. The molecule has 0 aromatic carbocycles. The molecule has 3 rings (SSSR count). The second kappa shape index (κ2) is 4.72. The van der Waals surface area contributed by atoms with Crippen molar-refractivity contribution in [3.05, 3.63) is 16.3 Å². The molecule has 2 aromatic heterocycles. The standard InChI is InChI=1S/C14H20N4S/c1-7-4-5-10(6-7)12-16-13(18-15)11-8(2)9(3)19-14(11)17-12/h7,10H,4-6,15H2,1-3H3,(H,16,17,18). The van der Waals surface area contributed by atoms with E-state index in [-0.39, 0.29) is 0 Å². The number of nitrogen functional groups attached to an aromatic ring is 1. The number of thiophene rings is 1. The van der Waals surface area contributed by atoms with Crippen molar-refractivity contribution in [2.75, 3.05) is 5.43 Å². The van der Waals surface area contributed by atoms with Crippen molar-refractivity contribution < 1.29 is 0 Å². The van der Waals surface area contributed by atoms with Crippen molar-refractivity contribution in [3.8, 4) is 0 Å². The molecule has 0 spiro atoms. The van der Waals surface area contributed by atoms with Gasteiger partial charge >= 0.3 is 0 Å². The van der Waals surface area contributed by atoms with Crippen LogP contribution in [0.3, 0.4) is 0 Å². The molecule has 2 heterocycles. The van der Waals surface area contributed by atoms with Crippen LogP contribution in [0.5, 0.6) is 0 Å². The molecule has 1 fully saturated rings. The van der Waals surface area contributed by atoms with Gasteiger partial charge in [0.25, 0.3) is 0 Å². The highest BCUT2D eigenvalue weighted by Gasteiger charge is 2.26. The molecule has 102 valence electrons. The number of hydrogen-bond donors (Lipinski definition) is 2. The summed E-state index contributed by atoms with van der Waals surface area (Å²) in [6.45, 7) is 6.54. The van der Waals surface area contributed by atoms with E-state index in [0.29, 0.717) is 5.92 Å². The fourth-order valence-electron chi connectivity index (χ4n) is 2.99. The Morgan fingerprint density at radius 1 is 1.26 bits per heavy atom. The lowest BCUT2D eigenvalue weighted by atomic mass is 10.1. The summed E-state index contributed by atoms with van der Waals surface area (Å²) in [4.78, 5) is 11.8. The van der Waals surface area contributed by atoms with E-state index in [1.807, 2.05) is 0 Å². The Morgan fingerprint density at radius 2 is 2.05 bits per heavy atom. The van der Waals surface area contributed by atoms with Gasteiger partial charge in [-0.3, -0.25) is 0 Å². The van der Waals surface area contributed by atoms with E-state index in [4.69, 9.17) is 10.8 Å². The van der Waals surface area contributed by atoms with Gasteiger partial charge in [0.15, 0.2) is 5.82 Å². The quantitative estimate of drug-likeness (QED) is 0.651. The Labute approximate surface area is 117 Å². The normalized spacial score (nSPS) is 23.2. The van der Waals surface area contributed by atoms with Gasteiger partial charge in [-0.1, -0.05) is 6.92 Å². The largest absolute Gasteiger partial charge is 0.308 e. The topological polar surface area (TPSA) is 63.8 Å². The Kier molecular flexibility index (Phi) is 3.19. The molecule has 0 aliphatic heterocycles. The van der Waals surface area contributed by atoms with Gasteiger partial charge in [0.1, 0.15) is 10.7 Å². The van der Waals surface area contributed by atoms with Crippen molar-refractivity contribution in [2.45, 2.75) is 46.0 Å². The minimum absolute atomic E-state index is 0.495. The highest BCUT2D eigenvalue weighted by atomic mass is 32.1. The molecule has 1 saturated carbocycles. The van der Waals surface area contributed by atoms with Crippen LogP contribution >= 0.6 is 11.3 Å². The van der Waals surface area contributed by atoms with Crippen LogP contribution in [0, 0.1) is 19.8 Å². The maximum Gasteiger partial charge on any atom is 0.152 e. The second-order valence-corrected chi connectivity index (χ2v) is 6.86. The molecule has 2 aromatic rings. The number of rotatable bonds is 2. The number of aromatic nitrogens is 2. The first kappa shape index (κ1) is 12.8. The third kappa shape index (κ3) is 2.11. The first-order valence-corrected chi connectivity index (χ1v) is 7.66. The van der Waals surface area contributed by atoms with Gasteiger partial charge < -0.3 is 5.43 Å². The predicted molar refractivity (Wildman–Crippen MR) is 80.5 cm³/mol. The smallest absolute Gasteiger partial charge is 0.152 e. The third-order valence-corrected chi connectivity index (χ3v) is 5.34. The molecule has 3 N–H and O–H groups in total. The summed E-state index contributed by atoms with van der Waals surface area (Å²) in [5, 5.41) is 1.08. The van der Waals surface area contributed by atoms with Crippen LogP contribution in [0.25, 0.3) is 10.2 Å². The molecule has 5 heteroatoms. The number of fused-ring (bicyclic) bond motifs is 1. The first-order valence-electron chi connectivity index (χ1n) is 6.84. The van der Waals surface area contributed by atoms with E-state index in [2.05, 4.69) is 31.2 Å². The minimum atomic E-state index is 0.495. The first-order chi connectivity index (χ1) is 9.10. The Hall–Kier alpha value is -1.20. The summed E-state index contributed by atoms with van der Waals surface area (Å²) in [5.74, 6) is 8.67. The van der Waals surface area contributed by atoms with Gasteiger partial charge in [-0.05, 0) is 44.6 Å². The molecule has 2 unspecified atom stereocenters. The van der Waals surface area contributed by atoms with Gasteiger partial charge in [0.05, 0.1) is 5.39 Å². The molecular weight excluding hydrogens is 256 g/mol. The second-order valence-electron chi connectivity index (χ2n) is 5.65. The molecule has 1 aliphatic rings. The SMILES string of the molecule is Cc1sc2nc(C3CCC(C)C3)nc(NN)c2c1C. The maximum absolute atomic E-state index is 5.65. The fourth-order valence-corrected chi connectivity index (χ4v) is 4.03. The molecule has 0 radical (unpaired) electrons. The summed E-state index contributed by atoms with van der Waals surface area (Å²) in [7, 11) is 0. The summed E-state index contributed by atoms with van der Waals surface area (Å²) in [5.41, 5.74) is 3.99. The number of nitrogens with two attached hydrogens (primary N) is 1. The fraction of sp³-hybridized carbons (Fsp3) is 0.571. The van der Waals surface area contributed by atoms with E-state index in [0.717, 1.165) is 27.8 Å². The molecule has 19 heavy (non-hydrogen) atoms. The highest BCUT2D eigenvalue weighted by Crippen LogP contribution is 2.39. The maximum atomic E-state index is 5.65. The van der Waals surface area contributed by atoms with Crippen molar-refractivity contribution in [3.63, 3.8) is 0 Å². The molecule has 0 saturated heterocycles. The van der Waals surface area contributed by atoms with Gasteiger partial charge in [0, 0.05) is 10.8 Å². The van der Waals surface area contributed by atoms with E-state index in [1.165, 1.54) is 29.7 Å². The predicted octanol–water partition coefficient (Wildman–Crippen LogP) is 3.50. The van der Waals surface area contributed by atoms with Crippen molar-refractivity contribution in [1.29, 1.82) is 0 Å². The number of nitrogens with one attached hydrogen (secondary N) is 1. The Balaban J connectivity index is 2.12. The summed E-state index contributed by atoms with van der Waals surface area (Å²) in [6, 6.07) is 0. The van der Waals surface area contributed by atoms with Crippen LogP contribution in [0.4, 0.5) is 5.82 Å². The number of aryl methyl sites for hydroxylation is 2. The lowest BCUT2D eigenvalue weighted by Crippen LogP contribution is -2.12. The zero-order valence-corrected chi connectivity index (χ0v) is 12.5. The van der Waals surface area contributed by atoms with Crippen LogP contribution in [0.15, 0.2) is 0 Å². The van der Waals surface area contributed by atoms with Gasteiger partial charge in [-0.2, -0.15) is 0 Å². The van der Waals surface area contributed by atoms with Crippen LogP contribution < -0.4 is 11.3 Å². The van der Waals surface area contributed by atoms with Gasteiger partial charge in [0.2, 0.25) is 0 Å². The molecule has 1 aliphatic carbocycles. The van der Waals surface area contributed by atoms with E-state index < -0.39 is 0 Å². The Bertz CT molecular complexity index is 619. The van der Waals surface area contributed by atoms with E-state index >= 15 is 0 Å². The van der Waals surface area contributed by atoms with E-state index in [1.54, 1.807) is 11.3 Å². The van der Waals surface area contributed by atoms with E-state index in [9.17, 15) is 0 Å². The van der Waals surface area contributed by atoms with Gasteiger partial charge in [-0.15, -0.1) is 11.3 Å². The average molecular weight is 276 g/mol. The van der Waals surface area contributed by atoms with Gasteiger partial charge in [-0.25, -0.2) is 15.8 Å². The highest BCUT2D eigenvalue weighted by molar-refractivity contribution is 7.18. The summed E-state index contributed by atoms with van der Waals surface area (Å²) >= 11 is 1.74. The monoisotopic (exact) mass is 276 g/mol. The van der Waals surface area contributed by atoms with Crippen LogP contribution in [-0.2, 0) is 0 Å². The molecule has 0 bridgehead atoms. The molecule has 2 atom stereocenters. The zero-order chi connectivity index (χ0) is 13.6. The number of nitrogens with zero attached hydrogens (tertiary/aromatic N) is 2. The van der Waals surface area contributed by atoms with Crippen LogP contribution in [0.2, 0.25) is 0 Å². The summed E-state index contributed by atoms with van der Waals surface area (Å²) in [6.07, 6.45) is 3.67. The Morgan fingerprint density at radius 3 is 2.68 bits per heavy atom. The lowest BCUT2D eigenvalue weighted by molar-refractivity contribution is 0.587.